The second-order valence-corrected chi connectivity index (χ2v) is 5.20. The molecule has 132 valence electrons. The Kier molecular flexibility index (Phi) is 14.6. The first kappa shape index (κ1) is 21.6. The predicted molar refractivity (Wildman–Crippen MR) is 99.2 cm³/mol. The third kappa shape index (κ3) is 11.8. The van der Waals surface area contributed by atoms with Crippen LogP contribution in [0.25, 0.3) is 0 Å². The van der Waals surface area contributed by atoms with Crippen molar-refractivity contribution in [3.8, 4) is 0 Å². The first-order valence-corrected chi connectivity index (χ1v) is 8.40. The van der Waals surface area contributed by atoms with Crippen molar-refractivity contribution in [1.29, 1.82) is 0 Å². The number of nitrogens with zero attached hydrogens (tertiary/aromatic N) is 2. The zero-order valence-electron chi connectivity index (χ0n) is 15.0. The Balaban J connectivity index is 4.24. The lowest BCUT2D eigenvalue weighted by Crippen LogP contribution is -2.33. The van der Waals surface area contributed by atoms with E-state index in [0.717, 1.165) is 51.4 Å². The highest BCUT2D eigenvalue weighted by molar-refractivity contribution is 5.03. The Bertz CT molecular complexity index is 353. The third-order valence-corrected chi connectivity index (χ3v) is 3.29. The number of rotatable bonds is 16. The molecule has 0 fully saturated rings. The van der Waals surface area contributed by atoms with Crippen LogP contribution in [0.2, 0.25) is 0 Å². The van der Waals surface area contributed by atoms with Crippen LogP contribution < -0.4 is 0 Å². The first-order valence-electron chi connectivity index (χ1n) is 8.40. The van der Waals surface area contributed by atoms with Gasteiger partial charge in [0.25, 0.3) is 0 Å². The molecule has 0 radical (unpaired) electrons. The molecule has 0 aliphatic heterocycles. The molecule has 0 aliphatic carbocycles. The van der Waals surface area contributed by atoms with Crippen molar-refractivity contribution in [1.82, 2.24) is 9.80 Å². The van der Waals surface area contributed by atoms with Gasteiger partial charge in [-0.1, -0.05) is 31.7 Å². The molecule has 0 aromatic heterocycles. The lowest BCUT2D eigenvalue weighted by molar-refractivity contribution is 0.0355. The van der Waals surface area contributed by atoms with Gasteiger partial charge in [0.15, 0.2) is 0 Å². The summed E-state index contributed by atoms with van der Waals surface area (Å²) in [7, 11) is 0. The molecule has 23 heavy (non-hydrogen) atoms. The smallest absolute Gasteiger partial charge is 0.141 e. The van der Waals surface area contributed by atoms with Gasteiger partial charge in [0.2, 0.25) is 0 Å². The van der Waals surface area contributed by atoms with Crippen LogP contribution in [0.3, 0.4) is 0 Å². The zero-order valence-corrected chi connectivity index (χ0v) is 15.0. The van der Waals surface area contributed by atoms with Crippen molar-refractivity contribution in [3.05, 3.63) is 49.8 Å². The van der Waals surface area contributed by atoms with Gasteiger partial charge >= 0.3 is 0 Å². The largest absolute Gasteiger partial charge is 0.482 e. The second-order valence-electron chi connectivity index (χ2n) is 5.20. The summed E-state index contributed by atoms with van der Waals surface area (Å²) in [6.45, 7) is 21.0. The average Bonchev–Trinajstić information content (AvgIpc) is 2.56. The molecule has 4 heteroatoms. The topological polar surface area (TPSA) is 24.9 Å². The van der Waals surface area contributed by atoms with Gasteiger partial charge in [0.1, 0.15) is 6.73 Å². The van der Waals surface area contributed by atoms with Crippen LogP contribution in [0.4, 0.5) is 0 Å². The molecule has 0 N–H and O–H groups in total. The highest BCUT2D eigenvalue weighted by Crippen LogP contribution is 2.05. The molecule has 4 nitrogen and oxygen atoms in total. The van der Waals surface area contributed by atoms with E-state index in [2.05, 4.69) is 36.5 Å². The van der Waals surface area contributed by atoms with Gasteiger partial charge in [-0.3, -0.25) is 9.80 Å². The molecule has 0 saturated carbocycles. The summed E-state index contributed by atoms with van der Waals surface area (Å²) < 4.78 is 11.3. The summed E-state index contributed by atoms with van der Waals surface area (Å²) >= 11 is 0. The summed E-state index contributed by atoms with van der Waals surface area (Å²) in [5, 5.41) is 0. The van der Waals surface area contributed by atoms with Crippen molar-refractivity contribution in [2.45, 2.75) is 26.7 Å². The Labute approximate surface area is 142 Å². The molecule has 0 saturated heterocycles. The molecule has 0 atom stereocenters. The molecule has 0 heterocycles. The van der Waals surface area contributed by atoms with E-state index in [1.165, 1.54) is 0 Å². The number of hydrogen-bond donors (Lipinski definition) is 0. The Morgan fingerprint density at radius 2 is 1.57 bits per heavy atom. The number of hydrogen-bond acceptors (Lipinski definition) is 4. The fourth-order valence-electron chi connectivity index (χ4n) is 2.09. The van der Waals surface area contributed by atoms with Crippen molar-refractivity contribution < 1.29 is 9.47 Å². The molecule has 0 aromatic carbocycles. The van der Waals surface area contributed by atoms with E-state index in [-0.39, 0.29) is 0 Å². The monoisotopic (exact) mass is 322 g/mol. The minimum atomic E-state index is 0.576. The van der Waals surface area contributed by atoms with Crippen molar-refractivity contribution in [2.75, 3.05) is 46.2 Å². The van der Waals surface area contributed by atoms with E-state index in [1.807, 2.05) is 25.2 Å². The fourth-order valence-corrected chi connectivity index (χ4v) is 2.09. The Hall–Kier alpha value is -1.36. The molecule has 0 spiro atoms. The zero-order chi connectivity index (χ0) is 17.3. The van der Waals surface area contributed by atoms with Gasteiger partial charge < -0.3 is 9.47 Å². The molecule has 0 amide bonds. The van der Waals surface area contributed by atoms with Gasteiger partial charge in [0, 0.05) is 39.2 Å². The van der Waals surface area contributed by atoms with E-state index < -0.39 is 0 Å². The predicted octanol–water partition coefficient (Wildman–Crippen LogP) is 3.80. The van der Waals surface area contributed by atoms with Gasteiger partial charge in [-0.05, 0) is 19.4 Å². The first-order chi connectivity index (χ1) is 11.2. The maximum Gasteiger partial charge on any atom is 0.141 e. The minimum absolute atomic E-state index is 0.576. The summed E-state index contributed by atoms with van der Waals surface area (Å²) in [6.07, 6.45) is 9.42. The normalized spacial score (nSPS) is 11.7. The highest BCUT2D eigenvalue weighted by Gasteiger charge is 2.07. The lowest BCUT2D eigenvalue weighted by Gasteiger charge is -2.24. The summed E-state index contributed by atoms with van der Waals surface area (Å²) in [5.41, 5.74) is 0. The van der Waals surface area contributed by atoms with Crippen molar-refractivity contribution >= 4 is 0 Å². The SMILES string of the molecule is C=C/C=C(\CC)OCN(CC=C)CCCN(CC=C)COCC. The van der Waals surface area contributed by atoms with Crippen LogP contribution in [0.15, 0.2) is 49.8 Å². The van der Waals surface area contributed by atoms with E-state index >= 15 is 0 Å². The lowest BCUT2D eigenvalue weighted by atomic mass is 10.3. The number of ether oxygens (including phenoxy) is 2. The molecule has 0 rings (SSSR count). The van der Waals surface area contributed by atoms with Crippen LogP contribution in [-0.2, 0) is 9.47 Å². The molecule has 0 aromatic rings. The molecule has 0 bridgehead atoms. The van der Waals surface area contributed by atoms with E-state index in [0.29, 0.717) is 13.5 Å². The summed E-state index contributed by atoms with van der Waals surface area (Å²) in [5.74, 6) is 0.957. The van der Waals surface area contributed by atoms with E-state index in [1.54, 1.807) is 6.08 Å². The molecular formula is C19H34N2O2. The van der Waals surface area contributed by atoms with Crippen LogP contribution in [0.5, 0.6) is 0 Å². The Morgan fingerprint density at radius 3 is 2.04 bits per heavy atom. The summed E-state index contributed by atoms with van der Waals surface area (Å²) in [6, 6.07) is 0. The van der Waals surface area contributed by atoms with Gasteiger partial charge in [-0.2, -0.15) is 0 Å². The van der Waals surface area contributed by atoms with Gasteiger partial charge in [-0.25, -0.2) is 0 Å². The van der Waals surface area contributed by atoms with Crippen LogP contribution >= 0.6 is 0 Å². The Morgan fingerprint density at radius 1 is 0.957 bits per heavy atom. The van der Waals surface area contributed by atoms with E-state index in [4.69, 9.17) is 9.47 Å². The van der Waals surface area contributed by atoms with Crippen molar-refractivity contribution in [3.63, 3.8) is 0 Å². The van der Waals surface area contributed by atoms with Gasteiger partial charge in [0.05, 0.1) is 12.5 Å². The summed E-state index contributed by atoms with van der Waals surface area (Å²) in [4.78, 5) is 4.49. The van der Waals surface area contributed by atoms with Crippen LogP contribution in [0, 0.1) is 0 Å². The molecule has 0 aliphatic rings. The maximum absolute atomic E-state index is 5.83. The van der Waals surface area contributed by atoms with Gasteiger partial charge in [-0.15, -0.1) is 13.2 Å². The molecular weight excluding hydrogens is 288 g/mol. The fraction of sp³-hybridized carbons (Fsp3) is 0.579. The quantitative estimate of drug-likeness (QED) is 0.187. The van der Waals surface area contributed by atoms with Crippen LogP contribution in [0.1, 0.15) is 26.7 Å². The minimum Gasteiger partial charge on any atom is -0.482 e. The highest BCUT2D eigenvalue weighted by atomic mass is 16.5. The average molecular weight is 322 g/mol. The van der Waals surface area contributed by atoms with Crippen molar-refractivity contribution in [2.24, 2.45) is 0 Å². The third-order valence-electron chi connectivity index (χ3n) is 3.29. The standard InChI is InChI=1S/C19H34N2O2/c1-6-12-19(9-4)23-18-21(14-8-3)16-11-15-20(13-7-2)17-22-10-5/h6-8,12H,1-3,9-11,13-18H2,4-5H3/b19-12+. The second kappa shape index (κ2) is 15.5. The number of allylic oxidation sites excluding steroid dienone is 3. The van der Waals surface area contributed by atoms with E-state index in [9.17, 15) is 0 Å². The van der Waals surface area contributed by atoms with Crippen LogP contribution in [-0.4, -0.2) is 56.0 Å². The molecule has 0 unspecified atom stereocenters. The maximum atomic E-state index is 5.83.